The second-order valence-corrected chi connectivity index (χ2v) is 6.31. The average Bonchev–Trinajstić information content (AvgIpc) is 3.03. The predicted molar refractivity (Wildman–Crippen MR) is 99.6 cm³/mol. The monoisotopic (exact) mass is 404 g/mol. The Bertz CT molecular complexity index is 1020. The van der Waals surface area contributed by atoms with Crippen molar-refractivity contribution in [3.8, 4) is 17.6 Å². The van der Waals surface area contributed by atoms with E-state index in [-0.39, 0.29) is 12.3 Å². The number of phenolic OH excluding ortho intramolecular Hbond substituents is 1. The molecule has 28 heavy (non-hydrogen) atoms. The number of nitrogens with one attached hydrogen (secondary N) is 2. The Labute approximate surface area is 164 Å². The van der Waals surface area contributed by atoms with Crippen LogP contribution in [0.5, 0.6) is 11.5 Å². The summed E-state index contributed by atoms with van der Waals surface area (Å²) in [5, 5.41) is 29.8. The van der Waals surface area contributed by atoms with Crippen LogP contribution >= 0.6 is 11.6 Å². The van der Waals surface area contributed by atoms with E-state index in [4.69, 9.17) is 11.6 Å². The van der Waals surface area contributed by atoms with Gasteiger partial charge < -0.3 is 15.2 Å². The molecule has 0 spiro atoms. The minimum Gasteiger partial charge on any atom is -0.504 e. The van der Waals surface area contributed by atoms with E-state index >= 15 is 0 Å². The van der Waals surface area contributed by atoms with Gasteiger partial charge in [-0.2, -0.15) is 19.1 Å². The minimum absolute atomic E-state index is 0.221. The highest BCUT2D eigenvalue weighted by Crippen LogP contribution is 2.29. The normalized spacial score (nSPS) is 10.7. The maximum Gasteiger partial charge on any atom is 0.387 e. The lowest BCUT2D eigenvalue weighted by Crippen LogP contribution is -2.04. The topological polar surface area (TPSA) is 94.0 Å². The molecule has 0 aliphatic heterocycles. The van der Waals surface area contributed by atoms with E-state index in [1.54, 1.807) is 6.07 Å². The summed E-state index contributed by atoms with van der Waals surface area (Å²) in [5.41, 5.74) is 2.53. The summed E-state index contributed by atoms with van der Waals surface area (Å²) < 4.78 is 28.7. The Kier molecular flexibility index (Phi) is 5.96. The molecule has 3 N–H and O–H groups in total. The number of phenols is 1. The van der Waals surface area contributed by atoms with Crippen molar-refractivity contribution in [2.24, 2.45) is 0 Å². The largest absolute Gasteiger partial charge is 0.504 e. The first kappa shape index (κ1) is 19.5. The van der Waals surface area contributed by atoms with Crippen molar-refractivity contribution in [1.29, 1.82) is 5.26 Å². The molecule has 6 nitrogen and oxygen atoms in total. The van der Waals surface area contributed by atoms with Crippen LogP contribution in [0.2, 0.25) is 5.02 Å². The third-order valence-corrected chi connectivity index (χ3v) is 4.16. The molecule has 1 aromatic heterocycles. The molecule has 9 heteroatoms. The number of anilines is 1. The molecule has 144 valence electrons. The van der Waals surface area contributed by atoms with Crippen LogP contribution in [-0.2, 0) is 13.0 Å². The summed E-state index contributed by atoms with van der Waals surface area (Å²) in [4.78, 5) is 0. The number of nitriles is 1. The van der Waals surface area contributed by atoms with E-state index in [9.17, 15) is 19.1 Å². The number of alkyl halides is 2. The van der Waals surface area contributed by atoms with Crippen LogP contribution in [0.1, 0.15) is 22.4 Å². The van der Waals surface area contributed by atoms with Gasteiger partial charge in [-0.15, -0.1) is 0 Å². The molecular formula is C19H15ClF2N4O2. The number of H-pyrrole nitrogens is 1. The molecule has 0 aliphatic carbocycles. The highest BCUT2D eigenvalue weighted by atomic mass is 35.5. The summed E-state index contributed by atoms with van der Waals surface area (Å²) in [6.45, 7) is -2.80. The SMILES string of the molecule is N#Cc1c(NCc2ccc(OC(F)F)c(O)c2)n[nH]c1Cc1cccc(Cl)c1. The molecule has 0 fully saturated rings. The number of ether oxygens (including phenoxy) is 1. The van der Waals surface area contributed by atoms with Crippen LogP contribution in [0, 0.1) is 11.3 Å². The Balaban J connectivity index is 1.71. The summed E-state index contributed by atoms with van der Waals surface area (Å²) in [5.74, 6) is -0.351. The zero-order chi connectivity index (χ0) is 20.1. The molecular weight excluding hydrogens is 390 g/mol. The summed E-state index contributed by atoms with van der Waals surface area (Å²) in [6, 6.07) is 13.5. The van der Waals surface area contributed by atoms with Gasteiger partial charge in [-0.1, -0.05) is 29.8 Å². The van der Waals surface area contributed by atoms with Gasteiger partial charge in [0, 0.05) is 18.0 Å². The second kappa shape index (κ2) is 8.59. The molecule has 0 atom stereocenters. The molecule has 0 amide bonds. The third kappa shape index (κ3) is 4.69. The third-order valence-electron chi connectivity index (χ3n) is 3.92. The number of aromatic nitrogens is 2. The molecule has 0 saturated carbocycles. The Morgan fingerprint density at radius 2 is 2.07 bits per heavy atom. The number of hydrogen-bond acceptors (Lipinski definition) is 5. The first-order valence-corrected chi connectivity index (χ1v) is 8.56. The maximum atomic E-state index is 12.2. The van der Waals surface area contributed by atoms with Crippen molar-refractivity contribution in [3.05, 3.63) is 69.9 Å². The molecule has 3 aromatic rings. The number of aromatic hydroxyl groups is 1. The predicted octanol–water partition coefficient (Wildman–Crippen LogP) is 4.44. The molecule has 3 rings (SSSR count). The smallest absolute Gasteiger partial charge is 0.387 e. The lowest BCUT2D eigenvalue weighted by Gasteiger charge is -2.09. The van der Waals surface area contributed by atoms with Crippen molar-refractivity contribution in [3.63, 3.8) is 0 Å². The van der Waals surface area contributed by atoms with Crippen LogP contribution in [0.25, 0.3) is 0 Å². The van der Waals surface area contributed by atoms with Crippen LogP contribution < -0.4 is 10.1 Å². The van der Waals surface area contributed by atoms with Crippen molar-refractivity contribution >= 4 is 17.4 Å². The number of rotatable bonds is 7. The quantitative estimate of drug-likeness (QED) is 0.541. The van der Waals surface area contributed by atoms with Crippen LogP contribution in [0.3, 0.4) is 0 Å². The van der Waals surface area contributed by atoms with Gasteiger partial charge in [-0.05, 0) is 35.4 Å². The number of benzene rings is 2. The standard InChI is InChI=1S/C19H15ClF2N4O2/c20-13-3-1-2-11(6-13)7-15-14(9-23)18(26-25-15)24-10-12-4-5-17(16(27)8-12)28-19(21)22/h1-6,8,19,27H,7,10H2,(H2,24,25,26). The molecule has 0 bridgehead atoms. The molecule has 2 aromatic carbocycles. The highest BCUT2D eigenvalue weighted by Gasteiger charge is 2.14. The van der Waals surface area contributed by atoms with Crippen LogP contribution in [0.15, 0.2) is 42.5 Å². The fourth-order valence-electron chi connectivity index (χ4n) is 2.66. The van der Waals surface area contributed by atoms with Crippen molar-refractivity contribution < 1.29 is 18.6 Å². The molecule has 0 saturated heterocycles. The number of aromatic amines is 1. The lowest BCUT2D eigenvalue weighted by atomic mass is 10.1. The maximum absolute atomic E-state index is 12.2. The molecule has 0 aliphatic rings. The van der Waals surface area contributed by atoms with E-state index in [1.165, 1.54) is 18.2 Å². The van der Waals surface area contributed by atoms with E-state index in [2.05, 4.69) is 26.3 Å². The lowest BCUT2D eigenvalue weighted by molar-refractivity contribution is -0.0512. The van der Waals surface area contributed by atoms with Gasteiger partial charge in [0.1, 0.15) is 11.6 Å². The first-order valence-electron chi connectivity index (χ1n) is 8.18. The molecule has 1 heterocycles. The van der Waals surface area contributed by atoms with Crippen LogP contribution in [0.4, 0.5) is 14.6 Å². The van der Waals surface area contributed by atoms with Gasteiger partial charge in [0.2, 0.25) is 0 Å². The van der Waals surface area contributed by atoms with Gasteiger partial charge in [-0.3, -0.25) is 5.10 Å². The summed E-state index contributed by atoms with van der Waals surface area (Å²) in [6.07, 6.45) is 0.457. The zero-order valence-corrected chi connectivity index (χ0v) is 15.2. The van der Waals surface area contributed by atoms with Crippen molar-refractivity contribution in [2.45, 2.75) is 19.6 Å². The molecule has 0 radical (unpaired) electrons. The fraction of sp³-hybridized carbons (Fsp3) is 0.158. The van der Waals surface area contributed by atoms with Gasteiger partial charge in [0.25, 0.3) is 0 Å². The average molecular weight is 405 g/mol. The van der Waals surface area contributed by atoms with E-state index in [1.807, 2.05) is 18.2 Å². The first-order chi connectivity index (χ1) is 13.5. The Hall–Kier alpha value is -3.31. The second-order valence-electron chi connectivity index (χ2n) is 5.88. The van der Waals surface area contributed by atoms with Crippen molar-refractivity contribution in [1.82, 2.24) is 10.2 Å². The number of halogens is 3. The van der Waals surface area contributed by atoms with Crippen LogP contribution in [-0.4, -0.2) is 21.9 Å². The number of nitrogens with zero attached hydrogens (tertiary/aromatic N) is 2. The van der Waals surface area contributed by atoms with Gasteiger partial charge in [0.15, 0.2) is 17.3 Å². The minimum atomic E-state index is -3.02. The Morgan fingerprint density at radius 3 is 2.75 bits per heavy atom. The van der Waals surface area contributed by atoms with Gasteiger partial charge in [0.05, 0.1) is 5.69 Å². The summed E-state index contributed by atoms with van der Waals surface area (Å²) in [7, 11) is 0. The fourth-order valence-corrected chi connectivity index (χ4v) is 2.87. The highest BCUT2D eigenvalue weighted by molar-refractivity contribution is 6.30. The zero-order valence-electron chi connectivity index (χ0n) is 14.4. The Morgan fingerprint density at radius 1 is 1.25 bits per heavy atom. The van der Waals surface area contributed by atoms with Gasteiger partial charge in [-0.25, -0.2) is 0 Å². The summed E-state index contributed by atoms with van der Waals surface area (Å²) >= 11 is 5.99. The molecule has 0 unspecified atom stereocenters. The van der Waals surface area contributed by atoms with E-state index < -0.39 is 12.4 Å². The van der Waals surface area contributed by atoms with E-state index in [0.717, 1.165) is 5.56 Å². The van der Waals surface area contributed by atoms with Crippen molar-refractivity contribution in [2.75, 3.05) is 5.32 Å². The van der Waals surface area contributed by atoms with E-state index in [0.29, 0.717) is 34.1 Å². The number of hydrogen-bond donors (Lipinski definition) is 3. The van der Waals surface area contributed by atoms with Gasteiger partial charge >= 0.3 is 6.61 Å².